The topological polar surface area (TPSA) is 0 Å². The first-order valence-corrected chi connectivity index (χ1v) is 8.68. The smallest absolute Gasteiger partial charge is 0.166 e. The van der Waals surface area contributed by atoms with E-state index in [1.54, 1.807) is 12.1 Å². The van der Waals surface area contributed by atoms with Crippen LogP contribution < -0.4 is 0 Å². The predicted octanol–water partition coefficient (Wildman–Crippen LogP) is 6.95. The molecule has 0 aliphatic heterocycles. The van der Waals surface area contributed by atoms with Crippen LogP contribution >= 0.6 is 0 Å². The van der Waals surface area contributed by atoms with Gasteiger partial charge in [0.2, 0.25) is 0 Å². The van der Waals surface area contributed by atoms with Gasteiger partial charge in [0.15, 0.2) is 0 Å². The van der Waals surface area contributed by atoms with Gasteiger partial charge in [-0.2, -0.15) is 13.2 Å². The quantitative estimate of drug-likeness (QED) is 0.498. The van der Waals surface area contributed by atoms with Gasteiger partial charge in [0.05, 0.1) is 5.56 Å². The number of hydrogen-bond acceptors (Lipinski definition) is 0. The number of hydrogen-bond donors (Lipinski definition) is 0. The summed E-state index contributed by atoms with van der Waals surface area (Å²) >= 11 is 0. The minimum absolute atomic E-state index is 0.453. The van der Waals surface area contributed by atoms with Crippen molar-refractivity contribution in [3.05, 3.63) is 35.4 Å². The molecule has 0 radical (unpaired) electrons. The first kappa shape index (κ1) is 17.4. The largest absolute Gasteiger partial charge is 0.416 e. The Morgan fingerprint density at radius 3 is 2.09 bits per heavy atom. The molecule has 2 rings (SSSR count). The standard InChI is InChI=1S/C19H27F3/c1-2-3-4-5-6-15-7-9-16(10-8-15)17-11-13-18(14-12-17)19(20,21)22/h11-16H,2-10H2,1H3. The molecule has 124 valence electrons. The first-order valence-electron chi connectivity index (χ1n) is 8.68. The van der Waals surface area contributed by atoms with E-state index < -0.39 is 11.7 Å². The molecule has 0 amide bonds. The lowest BCUT2D eigenvalue weighted by molar-refractivity contribution is -0.137. The molecule has 1 aromatic rings. The lowest BCUT2D eigenvalue weighted by Crippen LogP contribution is -2.13. The summed E-state index contributed by atoms with van der Waals surface area (Å²) in [6.07, 6.45) is 7.12. The van der Waals surface area contributed by atoms with E-state index in [2.05, 4.69) is 6.92 Å². The molecule has 0 nitrogen and oxygen atoms in total. The Hall–Kier alpha value is -0.990. The molecule has 1 saturated carbocycles. The van der Waals surface area contributed by atoms with Gasteiger partial charge in [-0.3, -0.25) is 0 Å². The molecule has 0 aromatic heterocycles. The summed E-state index contributed by atoms with van der Waals surface area (Å²) in [5.74, 6) is 1.29. The van der Waals surface area contributed by atoms with Crippen molar-refractivity contribution < 1.29 is 13.2 Å². The molecule has 3 heteroatoms. The average Bonchev–Trinajstić information content (AvgIpc) is 2.51. The van der Waals surface area contributed by atoms with Gasteiger partial charge >= 0.3 is 6.18 Å². The number of halogens is 3. The van der Waals surface area contributed by atoms with Gasteiger partial charge in [-0.1, -0.05) is 51.2 Å². The van der Waals surface area contributed by atoms with Crippen molar-refractivity contribution in [2.24, 2.45) is 5.92 Å². The molecule has 0 saturated heterocycles. The maximum absolute atomic E-state index is 12.6. The van der Waals surface area contributed by atoms with Crippen molar-refractivity contribution in [1.82, 2.24) is 0 Å². The summed E-state index contributed by atoms with van der Waals surface area (Å²) in [6, 6.07) is 5.81. The fourth-order valence-electron chi connectivity index (χ4n) is 3.59. The van der Waals surface area contributed by atoms with Crippen LogP contribution in [0, 0.1) is 5.92 Å². The molecule has 0 unspecified atom stereocenters. The molecule has 1 aliphatic rings. The molecule has 1 aliphatic carbocycles. The van der Waals surface area contributed by atoms with E-state index in [9.17, 15) is 13.2 Å². The van der Waals surface area contributed by atoms with E-state index in [4.69, 9.17) is 0 Å². The number of benzene rings is 1. The van der Waals surface area contributed by atoms with Gasteiger partial charge in [-0.15, -0.1) is 0 Å². The summed E-state index contributed by atoms with van der Waals surface area (Å²) in [5.41, 5.74) is 0.540. The number of rotatable bonds is 6. The third-order valence-electron chi connectivity index (χ3n) is 5.02. The van der Waals surface area contributed by atoms with Gasteiger partial charge in [-0.25, -0.2) is 0 Å². The maximum Gasteiger partial charge on any atom is 0.416 e. The number of alkyl halides is 3. The maximum atomic E-state index is 12.6. The highest BCUT2D eigenvalue weighted by atomic mass is 19.4. The summed E-state index contributed by atoms with van der Waals surface area (Å²) in [7, 11) is 0. The van der Waals surface area contributed by atoms with E-state index in [1.807, 2.05) is 0 Å². The van der Waals surface area contributed by atoms with Crippen molar-refractivity contribution in [3.63, 3.8) is 0 Å². The molecular weight excluding hydrogens is 285 g/mol. The normalized spacial score (nSPS) is 22.7. The Morgan fingerprint density at radius 1 is 0.909 bits per heavy atom. The van der Waals surface area contributed by atoms with Gasteiger partial charge < -0.3 is 0 Å². The molecule has 1 aromatic carbocycles. The van der Waals surface area contributed by atoms with Gasteiger partial charge in [0.25, 0.3) is 0 Å². The van der Waals surface area contributed by atoms with Gasteiger partial charge in [0, 0.05) is 0 Å². The van der Waals surface area contributed by atoms with Crippen LogP contribution in [0.2, 0.25) is 0 Å². The van der Waals surface area contributed by atoms with E-state index >= 15 is 0 Å². The Bertz CT molecular complexity index is 425. The molecule has 0 spiro atoms. The highest BCUT2D eigenvalue weighted by Crippen LogP contribution is 2.38. The summed E-state index contributed by atoms with van der Waals surface area (Å²) < 4.78 is 37.8. The fraction of sp³-hybridized carbons (Fsp3) is 0.684. The third-order valence-corrected chi connectivity index (χ3v) is 5.02. The molecule has 1 fully saturated rings. The average molecular weight is 312 g/mol. The van der Waals surface area contributed by atoms with E-state index in [-0.39, 0.29) is 0 Å². The van der Waals surface area contributed by atoms with Crippen molar-refractivity contribution in [2.75, 3.05) is 0 Å². The lowest BCUT2D eigenvalue weighted by atomic mass is 9.77. The van der Waals surface area contributed by atoms with Crippen LogP contribution in [-0.2, 0) is 6.18 Å². The van der Waals surface area contributed by atoms with Crippen LogP contribution in [0.15, 0.2) is 24.3 Å². The van der Waals surface area contributed by atoms with E-state index in [0.29, 0.717) is 5.92 Å². The monoisotopic (exact) mass is 312 g/mol. The highest BCUT2D eigenvalue weighted by molar-refractivity contribution is 5.27. The Morgan fingerprint density at radius 2 is 1.55 bits per heavy atom. The Labute approximate surface area is 132 Å². The molecule has 0 bridgehead atoms. The van der Waals surface area contributed by atoms with Crippen molar-refractivity contribution in [2.45, 2.75) is 76.8 Å². The van der Waals surface area contributed by atoms with Crippen LogP contribution in [0.4, 0.5) is 13.2 Å². The zero-order valence-electron chi connectivity index (χ0n) is 13.5. The second kappa shape index (κ2) is 8.03. The van der Waals surface area contributed by atoms with E-state index in [1.165, 1.54) is 57.1 Å². The first-order chi connectivity index (χ1) is 10.5. The second-order valence-corrected chi connectivity index (χ2v) is 6.69. The summed E-state index contributed by atoms with van der Waals surface area (Å²) in [6.45, 7) is 2.23. The lowest BCUT2D eigenvalue weighted by Gasteiger charge is -2.29. The summed E-state index contributed by atoms with van der Waals surface area (Å²) in [4.78, 5) is 0. The van der Waals surface area contributed by atoms with Crippen LogP contribution in [-0.4, -0.2) is 0 Å². The van der Waals surface area contributed by atoms with E-state index in [0.717, 1.165) is 24.3 Å². The van der Waals surface area contributed by atoms with Crippen LogP contribution in [0.1, 0.15) is 81.8 Å². The zero-order valence-corrected chi connectivity index (χ0v) is 13.5. The van der Waals surface area contributed by atoms with Crippen molar-refractivity contribution in [1.29, 1.82) is 0 Å². The molecule has 0 atom stereocenters. The minimum atomic E-state index is -4.23. The van der Waals surface area contributed by atoms with Crippen molar-refractivity contribution >= 4 is 0 Å². The minimum Gasteiger partial charge on any atom is -0.166 e. The third kappa shape index (κ3) is 5.03. The SMILES string of the molecule is CCCCCCC1CCC(c2ccc(C(F)(F)F)cc2)CC1. The molecular formula is C19H27F3. The molecule has 22 heavy (non-hydrogen) atoms. The zero-order chi connectivity index (χ0) is 16.0. The van der Waals surface area contributed by atoms with Gasteiger partial charge in [-0.05, 0) is 55.2 Å². The van der Waals surface area contributed by atoms with Crippen LogP contribution in [0.25, 0.3) is 0 Å². The fourth-order valence-corrected chi connectivity index (χ4v) is 3.59. The highest BCUT2D eigenvalue weighted by Gasteiger charge is 2.30. The van der Waals surface area contributed by atoms with Gasteiger partial charge in [0.1, 0.15) is 0 Å². The summed E-state index contributed by atoms with van der Waals surface area (Å²) in [5, 5.41) is 0. The van der Waals surface area contributed by atoms with Crippen molar-refractivity contribution in [3.8, 4) is 0 Å². The predicted molar refractivity (Wildman–Crippen MR) is 84.9 cm³/mol. The Kier molecular flexibility index (Phi) is 6.34. The van der Waals surface area contributed by atoms with Crippen LogP contribution in [0.5, 0.6) is 0 Å². The molecule has 0 N–H and O–H groups in total. The molecule has 0 heterocycles. The van der Waals surface area contributed by atoms with Crippen LogP contribution in [0.3, 0.4) is 0 Å². The second-order valence-electron chi connectivity index (χ2n) is 6.69. The Balaban J connectivity index is 1.79. The number of unbranched alkanes of at least 4 members (excludes halogenated alkanes) is 3.